The average molecular weight is 337 g/mol. The van der Waals surface area contributed by atoms with E-state index in [-0.39, 0.29) is 12.6 Å². The normalized spacial score (nSPS) is 21.2. The van der Waals surface area contributed by atoms with Gasteiger partial charge in [-0.2, -0.15) is 0 Å². The summed E-state index contributed by atoms with van der Waals surface area (Å²) < 4.78 is 5.43. The van der Waals surface area contributed by atoms with Gasteiger partial charge >= 0.3 is 6.03 Å². The summed E-state index contributed by atoms with van der Waals surface area (Å²) in [6.07, 6.45) is 3.54. The van der Waals surface area contributed by atoms with E-state index in [0.29, 0.717) is 12.3 Å². The molecule has 0 aromatic carbocycles. The van der Waals surface area contributed by atoms with Crippen LogP contribution in [0, 0.1) is 12.8 Å². The van der Waals surface area contributed by atoms with E-state index in [9.17, 15) is 9.90 Å². The highest BCUT2D eigenvalue weighted by atomic mass is 16.4. The molecule has 2 atom stereocenters. The van der Waals surface area contributed by atoms with Gasteiger partial charge in [0, 0.05) is 13.1 Å². The highest BCUT2D eigenvalue weighted by Crippen LogP contribution is 2.21. The van der Waals surface area contributed by atoms with Crippen molar-refractivity contribution in [1.82, 2.24) is 15.5 Å². The summed E-state index contributed by atoms with van der Waals surface area (Å²) in [6.45, 7) is 9.85. The van der Waals surface area contributed by atoms with Gasteiger partial charge in [0.1, 0.15) is 17.1 Å². The number of carbonyl (C=O) groups is 1. The molecule has 1 aromatic rings. The maximum absolute atomic E-state index is 11.9. The molecule has 0 bridgehead atoms. The second kappa shape index (κ2) is 8.53. The number of hydrogen-bond acceptors (Lipinski definition) is 4. The Morgan fingerprint density at radius 2 is 2.25 bits per heavy atom. The first-order valence-electron chi connectivity index (χ1n) is 8.90. The van der Waals surface area contributed by atoms with Gasteiger partial charge < -0.3 is 25.1 Å². The molecule has 1 saturated heterocycles. The third-order valence-corrected chi connectivity index (χ3v) is 4.54. The van der Waals surface area contributed by atoms with Gasteiger partial charge in [-0.05, 0) is 64.3 Å². The molecule has 1 fully saturated rings. The Labute approximate surface area is 144 Å². The van der Waals surface area contributed by atoms with Crippen LogP contribution in [0.15, 0.2) is 16.5 Å². The van der Waals surface area contributed by atoms with Gasteiger partial charge in [-0.25, -0.2) is 4.79 Å². The van der Waals surface area contributed by atoms with Crippen LogP contribution in [0.5, 0.6) is 0 Å². The maximum atomic E-state index is 11.9. The van der Waals surface area contributed by atoms with Gasteiger partial charge in [-0.15, -0.1) is 0 Å². The van der Waals surface area contributed by atoms with Crippen LogP contribution >= 0.6 is 0 Å². The predicted octanol–water partition coefficient (Wildman–Crippen LogP) is 2.22. The number of urea groups is 1. The lowest BCUT2D eigenvalue weighted by atomic mass is 10.0. The minimum atomic E-state index is -1.21. The average Bonchev–Trinajstić information content (AvgIpc) is 2.97. The third kappa shape index (κ3) is 5.83. The molecule has 1 aliphatic rings. The number of piperidine rings is 1. The highest BCUT2D eigenvalue weighted by molar-refractivity contribution is 5.73. The number of amides is 2. The number of nitrogens with one attached hydrogen (secondary N) is 2. The predicted molar refractivity (Wildman–Crippen MR) is 93.9 cm³/mol. The third-order valence-electron chi connectivity index (χ3n) is 4.54. The van der Waals surface area contributed by atoms with Crippen LogP contribution in [0.25, 0.3) is 0 Å². The van der Waals surface area contributed by atoms with E-state index in [1.54, 1.807) is 19.1 Å². The van der Waals surface area contributed by atoms with Crippen molar-refractivity contribution < 1.29 is 14.3 Å². The van der Waals surface area contributed by atoms with Crippen molar-refractivity contribution in [2.75, 3.05) is 32.7 Å². The summed E-state index contributed by atoms with van der Waals surface area (Å²) in [7, 11) is 0. The van der Waals surface area contributed by atoms with Gasteiger partial charge in [-0.1, -0.05) is 6.92 Å². The zero-order valence-electron chi connectivity index (χ0n) is 15.1. The zero-order chi connectivity index (χ0) is 17.6. The van der Waals surface area contributed by atoms with Crippen molar-refractivity contribution in [3.8, 4) is 0 Å². The second-order valence-corrected chi connectivity index (χ2v) is 7.20. The number of aryl methyl sites for hydroxylation is 1. The number of furan rings is 1. The van der Waals surface area contributed by atoms with E-state index in [1.807, 2.05) is 6.92 Å². The van der Waals surface area contributed by atoms with Crippen molar-refractivity contribution in [2.45, 2.75) is 45.6 Å². The summed E-state index contributed by atoms with van der Waals surface area (Å²) in [6, 6.07) is 3.27. The lowest BCUT2D eigenvalue weighted by molar-refractivity contribution is 0.0360. The smallest absolute Gasteiger partial charge is 0.314 e. The summed E-state index contributed by atoms with van der Waals surface area (Å²) in [5.74, 6) is 1.98. The standard InChI is InChI=1S/C18H31N3O3/c1-14-6-4-10-21(12-14)11-5-9-19-17(22)20-13-18(3,23)16-8-7-15(2)24-16/h7-8,14,23H,4-6,9-13H2,1-3H3,(H2,19,20,22). The molecular formula is C18H31N3O3. The van der Waals surface area contributed by atoms with Gasteiger partial charge in [0.2, 0.25) is 0 Å². The number of aliphatic hydroxyl groups is 1. The van der Waals surface area contributed by atoms with E-state index >= 15 is 0 Å². The fourth-order valence-corrected chi connectivity index (χ4v) is 3.12. The first-order chi connectivity index (χ1) is 11.4. The molecule has 2 rings (SSSR count). The Balaban J connectivity index is 1.61. The molecule has 1 aliphatic heterocycles. The van der Waals surface area contributed by atoms with Crippen molar-refractivity contribution in [3.05, 3.63) is 23.7 Å². The largest absolute Gasteiger partial charge is 0.463 e. The topological polar surface area (TPSA) is 77.7 Å². The lowest BCUT2D eigenvalue weighted by Crippen LogP contribution is -2.44. The number of carbonyl (C=O) groups excluding carboxylic acids is 1. The summed E-state index contributed by atoms with van der Waals surface area (Å²) in [4.78, 5) is 14.3. The minimum Gasteiger partial charge on any atom is -0.463 e. The molecule has 0 saturated carbocycles. The Hall–Kier alpha value is -1.53. The van der Waals surface area contributed by atoms with E-state index in [4.69, 9.17) is 4.42 Å². The molecule has 0 spiro atoms. The fraction of sp³-hybridized carbons (Fsp3) is 0.722. The molecule has 2 amide bonds. The van der Waals surface area contributed by atoms with Crippen LogP contribution in [0.2, 0.25) is 0 Å². The number of hydrogen-bond donors (Lipinski definition) is 3. The van der Waals surface area contributed by atoms with Crippen LogP contribution in [0.1, 0.15) is 44.6 Å². The second-order valence-electron chi connectivity index (χ2n) is 7.20. The van der Waals surface area contributed by atoms with Gasteiger partial charge in [0.25, 0.3) is 0 Å². The lowest BCUT2D eigenvalue weighted by Gasteiger charge is -2.30. The highest BCUT2D eigenvalue weighted by Gasteiger charge is 2.27. The first kappa shape index (κ1) is 18.8. The van der Waals surface area contributed by atoms with Crippen LogP contribution in [-0.2, 0) is 5.60 Å². The zero-order valence-corrected chi connectivity index (χ0v) is 15.1. The molecule has 6 heteroatoms. The van der Waals surface area contributed by atoms with E-state index in [0.717, 1.165) is 31.2 Å². The Morgan fingerprint density at radius 1 is 1.46 bits per heavy atom. The van der Waals surface area contributed by atoms with Crippen LogP contribution in [0.3, 0.4) is 0 Å². The summed E-state index contributed by atoms with van der Waals surface area (Å²) in [5, 5.41) is 15.9. The Kier molecular flexibility index (Phi) is 6.69. The van der Waals surface area contributed by atoms with Gasteiger partial charge in [0.05, 0.1) is 6.54 Å². The number of nitrogens with zero attached hydrogens (tertiary/aromatic N) is 1. The molecule has 2 heterocycles. The molecule has 1 aromatic heterocycles. The molecule has 2 unspecified atom stereocenters. The Morgan fingerprint density at radius 3 is 2.92 bits per heavy atom. The maximum Gasteiger partial charge on any atom is 0.314 e. The van der Waals surface area contributed by atoms with E-state index in [2.05, 4.69) is 22.5 Å². The summed E-state index contributed by atoms with van der Waals surface area (Å²) >= 11 is 0. The van der Waals surface area contributed by atoms with Crippen LogP contribution in [-0.4, -0.2) is 48.8 Å². The Bertz CT molecular complexity index is 527. The molecule has 0 radical (unpaired) electrons. The number of rotatable bonds is 7. The van der Waals surface area contributed by atoms with Crippen molar-refractivity contribution >= 4 is 6.03 Å². The molecule has 6 nitrogen and oxygen atoms in total. The minimum absolute atomic E-state index is 0.107. The molecule has 136 valence electrons. The molecule has 0 aliphatic carbocycles. The van der Waals surface area contributed by atoms with Crippen molar-refractivity contribution in [3.63, 3.8) is 0 Å². The van der Waals surface area contributed by atoms with Gasteiger partial charge in [-0.3, -0.25) is 0 Å². The quantitative estimate of drug-likeness (QED) is 0.667. The van der Waals surface area contributed by atoms with Crippen molar-refractivity contribution in [2.24, 2.45) is 5.92 Å². The molecule has 3 N–H and O–H groups in total. The number of likely N-dealkylation sites (tertiary alicyclic amines) is 1. The monoisotopic (exact) mass is 337 g/mol. The van der Waals surface area contributed by atoms with Crippen LogP contribution in [0.4, 0.5) is 4.79 Å². The SMILES string of the molecule is Cc1ccc(C(C)(O)CNC(=O)NCCCN2CCCC(C)C2)o1. The van der Waals surface area contributed by atoms with E-state index in [1.165, 1.54) is 19.4 Å². The molecule has 24 heavy (non-hydrogen) atoms. The first-order valence-corrected chi connectivity index (χ1v) is 8.90. The van der Waals surface area contributed by atoms with Crippen molar-refractivity contribution in [1.29, 1.82) is 0 Å². The van der Waals surface area contributed by atoms with Crippen LogP contribution < -0.4 is 10.6 Å². The van der Waals surface area contributed by atoms with Gasteiger partial charge in [0.15, 0.2) is 0 Å². The molecular weight excluding hydrogens is 306 g/mol. The fourth-order valence-electron chi connectivity index (χ4n) is 3.12. The van der Waals surface area contributed by atoms with E-state index < -0.39 is 5.60 Å². The summed E-state index contributed by atoms with van der Waals surface area (Å²) in [5.41, 5.74) is -1.21.